The van der Waals surface area contributed by atoms with E-state index in [2.05, 4.69) is 10.6 Å². The number of ether oxygens (including phenoxy) is 2. The second-order valence-electron chi connectivity index (χ2n) is 8.79. The Morgan fingerprint density at radius 2 is 2.03 bits per heavy atom. The van der Waals surface area contributed by atoms with Crippen LogP contribution in [0.4, 0.5) is 4.79 Å². The highest BCUT2D eigenvalue weighted by molar-refractivity contribution is 6.10. The molecular formula is C24H26N2O6. The number of nitrogens with one attached hydrogen (secondary N) is 2. The van der Waals surface area contributed by atoms with Crippen LogP contribution >= 0.6 is 0 Å². The lowest BCUT2D eigenvalue weighted by molar-refractivity contribution is -0.134. The largest absolute Gasteiger partial charge is 0.492 e. The predicted molar refractivity (Wildman–Crippen MR) is 119 cm³/mol. The van der Waals surface area contributed by atoms with Crippen LogP contribution in [-0.4, -0.2) is 36.7 Å². The van der Waals surface area contributed by atoms with Crippen LogP contribution in [0.25, 0.3) is 21.7 Å². The molecule has 168 valence electrons. The highest BCUT2D eigenvalue weighted by Gasteiger charge is 2.31. The lowest BCUT2D eigenvalue weighted by Gasteiger charge is -2.20. The number of alkyl carbamates (subject to hydrolysis) is 1. The van der Waals surface area contributed by atoms with Gasteiger partial charge in [0, 0.05) is 17.4 Å². The van der Waals surface area contributed by atoms with Gasteiger partial charge in [0.15, 0.2) is 0 Å². The first kappa shape index (κ1) is 21.7. The van der Waals surface area contributed by atoms with Crippen LogP contribution in [0, 0.1) is 0 Å². The number of amides is 3. The molecule has 8 nitrogen and oxygen atoms in total. The molecule has 1 aliphatic rings. The number of furan rings is 1. The summed E-state index contributed by atoms with van der Waals surface area (Å²) < 4.78 is 16.7. The first-order valence-electron chi connectivity index (χ1n) is 10.6. The maximum absolute atomic E-state index is 12.4. The molecule has 1 saturated heterocycles. The Morgan fingerprint density at radius 3 is 2.78 bits per heavy atom. The molecule has 0 saturated carbocycles. The Hall–Kier alpha value is -3.55. The maximum atomic E-state index is 12.4. The van der Waals surface area contributed by atoms with Crippen molar-refractivity contribution in [2.75, 3.05) is 13.2 Å². The molecule has 2 N–H and O–H groups in total. The van der Waals surface area contributed by atoms with Crippen molar-refractivity contribution in [3.8, 4) is 5.75 Å². The van der Waals surface area contributed by atoms with Gasteiger partial charge < -0.3 is 19.2 Å². The molecule has 4 rings (SSSR count). The van der Waals surface area contributed by atoms with E-state index in [0.29, 0.717) is 37.3 Å². The van der Waals surface area contributed by atoms with Crippen molar-refractivity contribution in [1.82, 2.24) is 10.6 Å². The van der Waals surface area contributed by atoms with Crippen molar-refractivity contribution >= 4 is 39.6 Å². The summed E-state index contributed by atoms with van der Waals surface area (Å²) in [6.45, 7) is 6.02. The molecule has 1 unspecified atom stereocenters. The summed E-state index contributed by atoms with van der Waals surface area (Å²) in [5.41, 5.74) is 0.923. The van der Waals surface area contributed by atoms with Gasteiger partial charge in [0.25, 0.3) is 0 Å². The van der Waals surface area contributed by atoms with Crippen LogP contribution in [0.15, 0.2) is 41.0 Å². The summed E-state index contributed by atoms with van der Waals surface area (Å²) in [5, 5.41) is 7.81. The van der Waals surface area contributed by atoms with Gasteiger partial charge in [0.1, 0.15) is 23.5 Å². The van der Waals surface area contributed by atoms with Gasteiger partial charge in [0.05, 0.1) is 18.7 Å². The first-order chi connectivity index (χ1) is 15.2. The molecule has 3 aromatic rings. The second-order valence-corrected chi connectivity index (χ2v) is 8.79. The van der Waals surface area contributed by atoms with E-state index < -0.39 is 17.6 Å². The molecule has 3 amide bonds. The highest BCUT2D eigenvalue weighted by Crippen LogP contribution is 2.37. The number of piperidine rings is 1. The van der Waals surface area contributed by atoms with Crippen molar-refractivity contribution in [1.29, 1.82) is 0 Å². The fourth-order valence-electron chi connectivity index (χ4n) is 3.84. The van der Waals surface area contributed by atoms with Gasteiger partial charge in [-0.15, -0.1) is 0 Å². The molecule has 2 aromatic carbocycles. The van der Waals surface area contributed by atoms with Gasteiger partial charge in [-0.25, -0.2) is 4.79 Å². The summed E-state index contributed by atoms with van der Waals surface area (Å²) in [6, 6.07) is 9.47. The topological polar surface area (TPSA) is 107 Å². The monoisotopic (exact) mass is 438 g/mol. The van der Waals surface area contributed by atoms with Gasteiger partial charge >= 0.3 is 6.09 Å². The molecule has 0 spiro atoms. The molecule has 1 atom stereocenters. The van der Waals surface area contributed by atoms with Crippen molar-refractivity contribution in [2.45, 2.75) is 45.1 Å². The SMILES string of the molecule is CC(C)(C)OC(=O)NCCOc1ccc2c(ccc3occ(C4CCC(=O)NC4=O)c32)c1. The number of carbonyl (C=O) groups excluding carboxylic acids is 3. The summed E-state index contributed by atoms with van der Waals surface area (Å²) in [7, 11) is 0. The van der Waals surface area contributed by atoms with E-state index in [1.165, 1.54) is 0 Å². The summed E-state index contributed by atoms with van der Waals surface area (Å²) in [4.78, 5) is 35.6. The van der Waals surface area contributed by atoms with Gasteiger partial charge in [-0.1, -0.05) is 6.07 Å². The van der Waals surface area contributed by atoms with Gasteiger partial charge in [0.2, 0.25) is 11.8 Å². The third-order valence-electron chi connectivity index (χ3n) is 5.21. The van der Waals surface area contributed by atoms with Crippen molar-refractivity contribution in [3.05, 3.63) is 42.2 Å². The minimum Gasteiger partial charge on any atom is -0.492 e. The summed E-state index contributed by atoms with van der Waals surface area (Å²) >= 11 is 0. The fourth-order valence-corrected chi connectivity index (χ4v) is 3.84. The fraction of sp³-hybridized carbons (Fsp3) is 0.375. The van der Waals surface area contributed by atoms with E-state index in [9.17, 15) is 14.4 Å². The average Bonchev–Trinajstić information content (AvgIpc) is 3.14. The van der Waals surface area contributed by atoms with Crippen LogP contribution in [0.1, 0.15) is 45.1 Å². The molecule has 0 bridgehead atoms. The Bertz CT molecular complexity index is 1190. The van der Waals surface area contributed by atoms with Crippen molar-refractivity contribution < 1.29 is 28.3 Å². The zero-order valence-electron chi connectivity index (χ0n) is 18.3. The Balaban J connectivity index is 1.49. The second kappa shape index (κ2) is 8.53. The van der Waals surface area contributed by atoms with E-state index in [1.807, 2.05) is 30.3 Å². The van der Waals surface area contributed by atoms with Gasteiger partial charge in [-0.05, 0) is 62.2 Å². The number of carbonyl (C=O) groups is 3. The van der Waals surface area contributed by atoms with Crippen LogP contribution in [-0.2, 0) is 14.3 Å². The first-order valence-corrected chi connectivity index (χ1v) is 10.6. The summed E-state index contributed by atoms with van der Waals surface area (Å²) in [5.74, 6) is -0.298. The molecule has 1 aromatic heterocycles. The molecular weight excluding hydrogens is 412 g/mol. The zero-order valence-corrected chi connectivity index (χ0v) is 18.3. The third-order valence-corrected chi connectivity index (χ3v) is 5.21. The molecule has 8 heteroatoms. The smallest absolute Gasteiger partial charge is 0.407 e. The summed E-state index contributed by atoms with van der Waals surface area (Å²) in [6.07, 6.45) is 1.89. The van der Waals surface area contributed by atoms with Crippen LogP contribution in [0.2, 0.25) is 0 Å². The average molecular weight is 438 g/mol. The number of benzene rings is 2. The number of hydrogen-bond donors (Lipinski definition) is 2. The predicted octanol–water partition coefficient (Wildman–Crippen LogP) is 4.01. The Labute approximate surface area is 185 Å². The number of hydrogen-bond acceptors (Lipinski definition) is 6. The molecule has 0 aliphatic carbocycles. The van der Waals surface area contributed by atoms with Gasteiger partial charge in [-0.3, -0.25) is 14.9 Å². The van der Waals surface area contributed by atoms with E-state index in [4.69, 9.17) is 13.9 Å². The van der Waals surface area contributed by atoms with E-state index in [1.54, 1.807) is 27.0 Å². The molecule has 2 heterocycles. The number of rotatable bonds is 5. The van der Waals surface area contributed by atoms with Crippen LogP contribution in [0.5, 0.6) is 5.75 Å². The molecule has 0 radical (unpaired) electrons. The van der Waals surface area contributed by atoms with Crippen LogP contribution in [0.3, 0.4) is 0 Å². The quantitative estimate of drug-likeness (QED) is 0.460. The zero-order chi connectivity index (χ0) is 22.9. The minimum atomic E-state index is -0.547. The highest BCUT2D eigenvalue weighted by atomic mass is 16.6. The van der Waals surface area contributed by atoms with Crippen molar-refractivity contribution in [2.24, 2.45) is 0 Å². The van der Waals surface area contributed by atoms with Crippen molar-refractivity contribution in [3.63, 3.8) is 0 Å². The maximum Gasteiger partial charge on any atom is 0.407 e. The lowest BCUT2D eigenvalue weighted by atomic mass is 9.89. The molecule has 1 aliphatic heterocycles. The van der Waals surface area contributed by atoms with Gasteiger partial charge in [-0.2, -0.15) is 0 Å². The lowest BCUT2D eigenvalue weighted by Crippen LogP contribution is -2.39. The standard InChI is InChI=1S/C24H26N2O6/c1-24(2,3)32-23(29)25-10-11-30-15-5-6-16-14(12-15)4-8-19-21(16)18(13-31-19)17-7-9-20(27)26-22(17)28/h4-6,8,12-13,17H,7,9-11H2,1-3H3,(H,25,29)(H,26,27,28). The van der Waals surface area contributed by atoms with E-state index in [-0.39, 0.29) is 11.8 Å². The minimum absolute atomic E-state index is 0.244. The third kappa shape index (κ3) is 4.69. The normalized spacial score (nSPS) is 16.8. The molecule has 1 fully saturated rings. The Morgan fingerprint density at radius 1 is 1.22 bits per heavy atom. The van der Waals surface area contributed by atoms with Crippen LogP contribution < -0.4 is 15.4 Å². The number of imide groups is 1. The number of fused-ring (bicyclic) bond motifs is 3. The van der Waals surface area contributed by atoms with E-state index in [0.717, 1.165) is 21.7 Å². The van der Waals surface area contributed by atoms with E-state index >= 15 is 0 Å². The molecule has 32 heavy (non-hydrogen) atoms. The Kier molecular flexibility index (Phi) is 5.78.